The van der Waals surface area contributed by atoms with Gasteiger partial charge in [-0.1, -0.05) is 12.1 Å². The normalized spacial score (nSPS) is 10.5. The van der Waals surface area contributed by atoms with Crippen LogP contribution in [-0.4, -0.2) is 38.4 Å². The van der Waals surface area contributed by atoms with Gasteiger partial charge in [0.1, 0.15) is 0 Å². The Bertz CT molecular complexity index is 914. The van der Waals surface area contributed by atoms with E-state index in [2.05, 4.69) is 20.8 Å². The Labute approximate surface area is 150 Å². The zero-order valence-corrected chi connectivity index (χ0v) is 14.6. The van der Waals surface area contributed by atoms with Crippen molar-refractivity contribution in [2.45, 2.75) is 20.0 Å². The molecule has 2 heterocycles. The Hall–Kier alpha value is -3.42. The fourth-order valence-electron chi connectivity index (χ4n) is 2.55. The van der Waals surface area contributed by atoms with E-state index in [-0.39, 0.29) is 17.5 Å². The van der Waals surface area contributed by atoms with Gasteiger partial charge in [-0.3, -0.25) is 19.0 Å². The predicted octanol–water partition coefficient (Wildman–Crippen LogP) is 1.76. The number of rotatable bonds is 6. The van der Waals surface area contributed by atoms with Crippen molar-refractivity contribution < 1.29 is 9.59 Å². The largest absolute Gasteiger partial charge is 0.354 e. The van der Waals surface area contributed by atoms with Crippen LogP contribution in [-0.2, 0) is 13.1 Å². The number of aryl methyl sites for hydroxylation is 1. The van der Waals surface area contributed by atoms with Gasteiger partial charge in [0, 0.05) is 37.7 Å². The lowest BCUT2D eigenvalue weighted by Crippen LogP contribution is -2.21. The SMILES string of the molecule is CCn1cc(NC(=O)c2cccc(Cn3cccn3)c2)c(C(=O)NC)n1. The summed E-state index contributed by atoms with van der Waals surface area (Å²) in [5.41, 5.74) is 2.03. The zero-order valence-electron chi connectivity index (χ0n) is 14.6. The highest BCUT2D eigenvalue weighted by atomic mass is 16.2. The minimum absolute atomic E-state index is 0.190. The van der Waals surface area contributed by atoms with Gasteiger partial charge in [-0.05, 0) is 30.7 Å². The van der Waals surface area contributed by atoms with Crippen molar-refractivity contribution in [1.82, 2.24) is 24.9 Å². The van der Waals surface area contributed by atoms with E-state index in [1.165, 1.54) is 7.05 Å². The molecule has 0 bridgehead atoms. The number of aromatic nitrogens is 4. The van der Waals surface area contributed by atoms with E-state index in [1.807, 2.05) is 31.3 Å². The first-order chi connectivity index (χ1) is 12.6. The lowest BCUT2D eigenvalue weighted by Gasteiger charge is -2.07. The van der Waals surface area contributed by atoms with Crippen LogP contribution >= 0.6 is 0 Å². The molecule has 0 aliphatic rings. The molecule has 2 aromatic heterocycles. The second kappa shape index (κ2) is 7.64. The van der Waals surface area contributed by atoms with E-state index < -0.39 is 0 Å². The minimum atomic E-state index is -0.347. The second-order valence-electron chi connectivity index (χ2n) is 5.68. The standard InChI is InChI=1S/C18H20N6O2/c1-3-23-12-15(16(22-23)18(26)19-2)21-17(25)14-7-4-6-13(10-14)11-24-9-5-8-20-24/h4-10,12H,3,11H2,1-2H3,(H,19,26)(H,21,25). The first-order valence-corrected chi connectivity index (χ1v) is 8.28. The van der Waals surface area contributed by atoms with Crippen LogP contribution in [0.3, 0.4) is 0 Å². The monoisotopic (exact) mass is 352 g/mol. The Kier molecular flexibility index (Phi) is 5.12. The summed E-state index contributed by atoms with van der Waals surface area (Å²) in [6, 6.07) is 9.14. The number of benzene rings is 1. The Morgan fingerprint density at radius 1 is 1.15 bits per heavy atom. The molecule has 0 atom stereocenters. The summed E-state index contributed by atoms with van der Waals surface area (Å²) in [5.74, 6) is -0.645. The summed E-state index contributed by atoms with van der Waals surface area (Å²) < 4.78 is 3.39. The molecule has 0 spiro atoms. The van der Waals surface area contributed by atoms with Gasteiger partial charge in [-0.2, -0.15) is 10.2 Å². The molecular weight excluding hydrogens is 332 g/mol. The molecule has 0 aliphatic carbocycles. The molecule has 0 saturated carbocycles. The third kappa shape index (κ3) is 3.80. The molecule has 26 heavy (non-hydrogen) atoms. The van der Waals surface area contributed by atoms with Crippen molar-refractivity contribution in [2.24, 2.45) is 0 Å². The molecule has 0 unspecified atom stereocenters. The average molecular weight is 352 g/mol. The summed E-state index contributed by atoms with van der Waals surface area (Å²) in [6.07, 6.45) is 5.22. The van der Waals surface area contributed by atoms with Gasteiger partial charge in [0.2, 0.25) is 0 Å². The number of hydrogen-bond acceptors (Lipinski definition) is 4. The molecule has 0 saturated heterocycles. The molecule has 1 aromatic carbocycles. The fourth-order valence-corrected chi connectivity index (χ4v) is 2.55. The summed E-state index contributed by atoms with van der Waals surface area (Å²) in [4.78, 5) is 24.6. The average Bonchev–Trinajstić information content (AvgIpc) is 3.31. The van der Waals surface area contributed by atoms with E-state index in [0.29, 0.717) is 24.3 Å². The van der Waals surface area contributed by atoms with Gasteiger partial charge >= 0.3 is 0 Å². The Morgan fingerprint density at radius 2 is 2.00 bits per heavy atom. The molecule has 0 fully saturated rings. The zero-order chi connectivity index (χ0) is 18.5. The van der Waals surface area contributed by atoms with Gasteiger partial charge in [0.15, 0.2) is 5.69 Å². The number of nitrogens with zero attached hydrogens (tertiary/aromatic N) is 4. The van der Waals surface area contributed by atoms with Gasteiger partial charge in [-0.25, -0.2) is 0 Å². The molecular formula is C18H20N6O2. The molecule has 134 valence electrons. The Balaban J connectivity index is 1.80. The van der Waals surface area contributed by atoms with Crippen molar-refractivity contribution in [3.63, 3.8) is 0 Å². The first-order valence-electron chi connectivity index (χ1n) is 8.28. The highest BCUT2D eigenvalue weighted by Crippen LogP contribution is 2.16. The van der Waals surface area contributed by atoms with Gasteiger partial charge in [0.05, 0.1) is 12.2 Å². The lowest BCUT2D eigenvalue weighted by atomic mass is 10.1. The van der Waals surface area contributed by atoms with Gasteiger partial charge < -0.3 is 10.6 Å². The number of hydrogen-bond donors (Lipinski definition) is 2. The van der Waals surface area contributed by atoms with E-state index in [9.17, 15) is 9.59 Å². The van der Waals surface area contributed by atoms with Gasteiger partial charge in [0.25, 0.3) is 11.8 Å². The van der Waals surface area contributed by atoms with Crippen LogP contribution in [0, 0.1) is 0 Å². The van der Waals surface area contributed by atoms with Crippen LogP contribution in [0.5, 0.6) is 0 Å². The van der Waals surface area contributed by atoms with Crippen LogP contribution in [0.2, 0.25) is 0 Å². The number of carbonyl (C=O) groups is 2. The third-order valence-corrected chi connectivity index (χ3v) is 3.87. The predicted molar refractivity (Wildman–Crippen MR) is 97.0 cm³/mol. The summed E-state index contributed by atoms with van der Waals surface area (Å²) in [5, 5.41) is 13.7. The molecule has 8 nitrogen and oxygen atoms in total. The topological polar surface area (TPSA) is 93.8 Å². The molecule has 0 aliphatic heterocycles. The lowest BCUT2D eigenvalue weighted by molar-refractivity contribution is 0.0958. The van der Waals surface area contributed by atoms with E-state index in [1.54, 1.807) is 33.9 Å². The quantitative estimate of drug-likeness (QED) is 0.707. The maximum atomic E-state index is 12.6. The number of amides is 2. The van der Waals surface area contributed by atoms with Crippen molar-refractivity contribution in [2.75, 3.05) is 12.4 Å². The Morgan fingerprint density at radius 3 is 2.69 bits per heavy atom. The van der Waals surface area contributed by atoms with E-state index >= 15 is 0 Å². The summed E-state index contributed by atoms with van der Waals surface area (Å²) in [7, 11) is 1.53. The molecule has 2 amide bonds. The van der Waals surface area contributed by atoms with Crippen LogP contribution in [0.4, 0.5) is 5.69 Å². The number of nitrogens with one attached hydrogen (secondary N) is 2. The van der Waals surface area contributed by atoms with E-state index in [0.717, 1.165) is 5.56 Å². The highest BCUT2D eigenvalue weighted by Gasteiger charge is 2.18. The number of carbonyl (C=O) groups excluding carboxylic acids is 2. The van der Waals surface area contributed by atoms with Gasteiger partial charge in [-0.15, -0.1) is 0 Å². The minimum Gasteiger partial charge on any atom is -0.354 e. The summed E-state index contributed by atoms with van der Waals surface area (Å²) >= 11 is 0. The van der Waals surface area contributed by atoms with Crippen LogP contribution in [0.25, 0.3) is 0 Å². The van der Waals surface area contributed by atoms with Crippen molar-refractivity contribution in [3.8, 4) is 0 Å². The van der Waals surface area contributed by atoms with Crippen molar-refractivity contribution in [3.05, 3.63) is 65.7 Å². The smallest absolute Gasteiger partial charge is 0.273 e. The molecule has 8 heteroatoms. The molecule has 3 rings (SSSR count). The number of anilines is 1. The maximum absolute atomic E-state index is 12.6. The third-order valence-electron chi connectivity index (χ3n) is 3.87. The molecule has 0 radical (unpaired) electrons. The van der Waals surface area contributed by atoms with Crippen LogP contribution in [0.15, 0.2) is 48.9 Å². The summed E-state index contributed by atoms with van der Waals surface area (Å²) in [6.45, 7) is 3.08. The van der Waals surface area contributed by atoms with Crippen molar-refractivity contribution in [1.29, 1.82) is 0 Å². The van der Waals surface area contributed by atoms with Crippen LogP contribution in [0.1, 0.15) is 33.3 Å². The highest BCUT2D eigenvalue weighted by molar-refractivity contribution is 6.08. The van der Waals surface area contributed by atoms with E-state index in [4.69, 9.17) is 0 Å². The van der Waals surface area contributed by atoms with Crippen molar-refractivity contribution >= 4 is 17.5 Å². The second-order valence-corrected chi connectivity index (χ2v) is 5.68. The first kappa shape index (κ1) is 17.4. The van der Waals surface area contributed by atoms with Crippen LogP contribution < -0.4 is 10.6 Å². The molecule has 3 aromatic rings. The maximum Gasteiger partial charge on any atom is 0.273 e. The fraction of sp³-hybridized carbons (Fsp3) is 0.222. The molecule has 2 N–H and O–H groups in total.